The Labute approximate surface area is 144 Å². The molecule has 0 radical (unpaired) electrons. The first-order chi connectivity index (χ1) is 11.6. The number of aliphatic carboxylic acids is 1. The normalized spacial score (nSPS) is 22.6. The van der Waals surface area contributed by atoms with Crippen molar-refractivity contribution < 1.29 is 19.7 Å². The lowest BCUT2D eigenvalue weighted by atomic mass is 10.1. The van der Waals surface area contributed by atoms with Crippen molar-refractivity contribution in [3.63, 3.8) is 0 Å². The Kier molecular flexibility index (Phi) is 10.5. The van der Waals surface area contributed by atoms with Gasteiger partial charge in [0, 0.05) is 5.97 Å². The number of rotatable bonds is 12. The van der Waals surface area contributed by atoms with Crippen LogP contribution in [0.1, 0.15) is 39.0 Å². The number of carboxylic acids is 1. The standard InChI is InChI=1S/C20H28O4/c1-2-17(21)13-10-8-6-4-3-5-7-9-11-14-18-19(24-18)15-12-16-20(22)23/h3,5-11,13-14,17-19,21H,2,4,12,15-16H2,1H3,(H,22,23)/p-1/b5-3-,8-6-,9-7+,13-10+,14-11+/t17?,18-,19-/m0/s1. The van der Waals surface area contributed by atoms with Gasteiger partial charge in [-0.1, -0.05) is 67.7 Å². The molecule has 132 valence electrons. The lowest BCUT2D eigenvalue weighted by Crippen LogP contribution is -2.21. The number of carbonyl (C=O) groups is 1. The number of carbonyl (C=O) groups excluding carboxylic acids is 1. The van der Waals surface area contributed by atoms with E-state index in [1.807, 2.05) is 61.6 Å². The quantitative estimate of drug-likeness (QED) is 0.441. The molecule has 0 bridgehead atoms. The Bertz CT molecular complexity index is 500. The number of epoxide rings is 1. The minimum absolute atomic E-state index is 0.102. The fourth-order valence-electron chi connectivity index (χ4n) is 2.03. The van der Waals surface area contributed by atoms with Crippen molar-refractivity contribution >= 4 is 5.97 Å². The third kappa shape index (κ3) is 10.8. The number of hydrogen-bond donors (Lipinski definition) is 1. The molecule has 1 rings (SSSR count). The average Bonchev–Trinajstić information content (AvgIpc) is 3.30. The summed E-state index contributed by atoms with van der Waals surface area (Å²) in [5, 5.41) is 19.6. The van der Waals surface area contributed by atoms with E-state index in [-0.39, 0.29) is 24.7 Å². The molecule has 1 saturated heterocycles. The minimum Gasteiger partial charge on any atom is -0.550 e. The monoisotopic (exact) mass is 331 g/mol. The molecule has 1 fully saturated rings. The zero-order chi connectivity index (χ0) is 17.6. The zero-order valence-corrected chi connectivity index (χ0v) is 14.2. The van der Waals surface area contributed by atoms with Crippen molar-refractivity contribution in [3.8, 4) is 0 Å². The zero-order valence-electron chi connectivity index (χ0n) is 14.2. The van der Waals surface area contributed by atoms with Gasteiger partial charge in [-0.2, -0.15) is 0 Å². The second kappa shape index (κ2) is 12.5. The average molecular weight is 331 g/mol. The van der Waals surface area contributed by atoms with Crippen LogP contribution in [0.4, 0.5) is 0 Å². The molecule has 1 aliphatic heterocycles. The number of aliphatic hydroxyl groups is 1. The molecule has 0 aromatic carbocycles. The van der Waals surface area contributed by atoms with E-state index in [2.05, 4.69) is 0 Å². The Morgan fingerprint density at radius 3 is 2.58 bits per heavy atom. The molecule has 0 aliphatic carbocycles. The van der Waals surface area contributed by atoms with Crippen LogP contribution in [0.3, 0.4) is 0 Å². The van der Waals surface area contributed by atoms with Crippen LogP contribution >= 0.6 is 0 Å². The van der Waals surface area contributed by atoms with Gasteiger partial charge in [-0.3, -0.25) is 0 Å². The van der Waals surface area contributed by atoms with Gasteiger partial charge in [-0.25, -0.2) is 0 Å². The molecule has 3 atom stereocenters. The molecule has 0 spiro atoms. The highest BCUT2D eigenvalue weighted by Crippen LogP contribution is 2.28. The molecule has 1 aliphatic rings. The molecule has 0 amide bonds. The number of hydrogen-bond acceptors (Lipinski definition) is 4. The fraction of sp³-hybridized carbons (Fsp3) is 0.450. The minimum atomic E-state index is -0.998. The predicted molar refractivity (Wildman–Crippen MR) is 94.1 cm³/mol. The van der Waals surface area contributed by atoms with Gasteiger partial charge in [0.2, 0.25) is 0 Å². The molecule has 0 aromatic rings. The van der Waals surface area contributed by atoms with Crippen LogP contribution in [-0.2, 0) is 9.53 Å². The van der Waals surface area contributed by atoms with E-state index in [0.717, 1.165) is 19.3 Å². The first-order valence-electron chi connectivity index (χ1n) is 8.50. The van der Waals surface area contributed by atoms with Gasteiger partial charge in [0.05, 0.1) is 12.2 Å². The first kappa shape index (κ1) is 20.1. The largest absolute Gasteiger partial charge is 0.550 e. The number of ether oxygens (including phenoxy) is 1. The Hall–Kier alpha value is -1.91. The van der Waals surface area contributed by atoms with E-state index in [1.54, 1.807) is 6.08 Å². The van der Waals surface area contributed by atoms with Crippen molar-refractivity contribution in [2.24, 2.45) is 0 Å². The molecule has 4 nitrogen and oxygen atoms in total. The van der Waals surface area contributed by atoms with Crippen molar-refractivity contribution in [2.75, 3.05) is 0 Å². The summed E-state index contributed by atoms with van der Waals surface area (Å²) >= 11 is 0. The van der Waals surface area contributed by atoms with Gasteiger partial charge in [0.1, 0.15) is 6.10 Å². The fourth-order valence-corrected chi connectivity index (χ4v) is 2.03. The van der Waals surface area contributed by atoms with E-state index < -0.39 is 5.97 Å². The third-order valence-electron chi connectivity index (χ3n) is 3.53. The van der Waals surface area contributed by atoms with Gasteiger partial charge in [0.15, 0.2) is 0 Å². The van der Waals surface area contributed by atoms with E-state index in [0.29, 0.717) is 6.42 Å². The molecular weight excluding hydrogens is 304 g/mol. The first-order valence-corrected chi connectivity index (χ1v) is 8.50. The summed E-state index contributed by atoms with van der Waals surface area (Å²) in [7, 11) is 0. The highest BCUT2D eigenvalue weighted by Gasteiger charge is 2.35. The third-order valence-corrected chi connectivity index (χ3v) is 3.53. The SMILES string of the molecule is CCC(O)/C=C/C=C\C\C=C/C=C/C=C/[C@@H]1O[C@H]1CCCC(=O)[O-]. The molecule has 1 heterocycles. The van der Waals surface area contributed by atoms with Crippen LogP contribution in [0, 0.1) is 0 Å². The Morgan fingerprint density at radius 1 is 1.17 bits per heavy atom. The van der Waals surface area contributed by atoms with E-state index in [9.17, 15) is 15.0 Å². The highest BCUT2D eigenvalue weighted by molar-refractivity contribution is 5.64. The Balaban J connectivity index is 2.06. The van der Waals surface area contributed by atoms with Crippen molar-refractivity contribution in [3.05, 3.63) is 60.8 Å². The molecular formula is C20H27O4-. The molecule has 0 aromatic heterocycles. The summed E-state index contributed by atoms with van der Waals surface area (Å²) in [5.74, 6) is -0.998. The molecule has 24 heavy (non-hydrogen) atoms. The summed E-state index contributed by atoms with van der Waals surface area (Å²) in [5.41, 5.74) is 0. The molecule has 1 unspecified atom stereocenters. The van der Waals surface area contributed by atoms with Gasteiger partial charge in [-0.05, 0) is 32.1 Å². The second-order valence-electron chi connectivity index (χ2n) is 5.63. The van der Waals surface area contributed by atoms with Gasteiger partial charge < -0.3 is 19.7 Å². The number of carboxylic acid groups (broad SMARTS) is 1. The lowest BCUT2D eigenvalue weighted by molar-refractivity contribution is -0.305. The van der Waals surface area contributed by atoms with Crippen molar-refractivity contribution in [1.82, 2.24) is 0 Å². The van der Waals surface area contributed by atoms with Gasteiger partial charge >= 0.3 is 0 Å². The van der Waals surface area contributed by atoms with Crippen molar-refractivity contribution in [2.45, 2.75) is 57.3 Å². The van der Waals surface area contributed by atoms with Crippen LogP contribution in [-0.4, -0.2) is 29.4 Å². The van der Waals surface area contributed by atoms with Crippen LogP contribution in [0.25, 0.3) is 0 Å². The highest BCUT2D eigenvalue weighted by atomic mass is 16.6. The van der Waals surface area contributed by atoms with Gasteiger partial charge in [0.25, 0.3) is 0 Å². The number of aliphatic hydroxyl groups excluding tert-OH is 1. The summed E-state index contributed by atoms with van der Waals surface area (Å²) in [6.45, 7) is 1.94. The number of allylic oxidation sites excluding steroid dienone is 8. The summed E-state index contributed by atoms with van der Waals surface area (Å²) in [4.78, 5) is 10.3. The summed E-state index contributed by atoms with van der Waals surface area (Å²) in [6.07, 6.45) is 22.4. The van der Waals surface area contributed by atoms with Crippen LogP contribution in [0.5, 0.6) is 0 Å². The molecule has 4 heteroatoms. The lowest BCUT2D eigenvalue weighted by Gasteiger charge is -1.98. The molecule has 1 N–H and O–H groups in total. The van der Waals surface area contributed by atoms with E-state index in [4.69, 9.17) is 4.74 Å². The second-order valence-corrected chi connectivity index (χ2v) is 5.63. The van der Waals surface area contributed by atoms with E-state index in [1.165, 1.54) is 0 Å². The molecule has 0 saturated carbocycles. The maximum absolute atomic E-state index is 10.3. The smallest absolute Gasteiger partial charge is 0.103 e. The maximum Gasteiger partial charge on any atom is 0.103 e. The summed E-state index contributed by atoms with van der Waals surface area (Å²) in [6, 6.07) is 0. The van der Waals surface area contributed by atoms with E-state index >= 15 is 0 Å². The van der Waals surface area contributed by atoms with Gasteiger partial charge in [-0.15, -0.1) is 0 Å². The van der Waals surface area contributed by atoms with Crippen LogP contribution in [0.15, 0.2) is 60.8 Å². The maximum atomic E-state index is 10.3. The van der Waals surface area contributed by atoms with Crippen LogP contribution < -0.4 is 5.11 Å². The Morgan fingerprint density at radius 2 is 1.88 bits per heavy atom. The summed E-state index contributed by atoms with van der Waals surface area (Å²) < 4.78 is 5.42. The predicted octanol–water partition coefficient (Wildman–Crippen LogP) is 2.62. The van der Waals surface area contributed by atoms with Crippen molar-refractivity contribution in [1.29, 1.82) is 0 Å². The van der Waals surface area contributed by atoms with Crippen LogP contribution in [0.2, 0.25) is 0 Å². The topological polar surface area (TPSA) is 72.9 Å².